The Labute approximate surface area is 146 Å². The van der Waals surface area contributed by atoms with Gasteiger partial charge in [0.1, 0.15) is 0 Å². The van der Waals surface area contributed by atoms with Crippen molar-refractivity contribution in [3.05, 3.63) is 54.1 Å². The summed E-state index contributed by atoms with van der Waals surface area (Å²) in [4.78, 5) is 27.2. The molecule has 124 valence electrons. The highest BCUT2D eigenvalue weighted by atomic mass is 32.2. The lowest BCUT2D eigenvalue weighted by molar-refractivity contribution is -0.121. The first-order valence-electron chi connectivity index (χ1n) is 7.94. The number of hydrogen-bond donors (Lipinski definition) is 1. The number of imide groups is 1. The zero-order valence-electron chi connectivity index (χ0n) is 13.7. The Balaban J connectivity index is 1.77. The number of nitrogens with two attached hydrogens (primary N) is 1. The number of hydrogen-bond acceptors (Lipinski definition) is 4. The van der Waals surface area contributed by atoms with Gasteiger partial charge in [0.25, 0.3) is 0 Å². The van der Waals surface area contributed by atoms with Crippen molar-refractivity contribution in [2.24, 2.45) is 0 Å². The molecule has 1 unspecified atom stereocenters. The van der Waals surface area contributed by atoms with Gasteiger partial charge < -0.3 is 5.73 Å². The zero-order chi connectivity index (χ0) is 17.3. The zero-order valence-corrected chi connectivity index (χ0v) is 14.5. The lowest BCUT2D eigenvalue weighted by Crippen LogP contribution is -2.31. The van der Waals surface area contributed by atoms with Gasteiger partial charge in [-0.25, -0.2) is 4.90 Å². The normalized spacial score (nSPS) is 17.8. The molecule has 0 aliphatic carbocycles. The molecule has 1 heterocycles. The minimum absolute atomic E-state index is 0.148. The highest BCUT2D eigenvalue weighted by Gasteiger charge is 2.40. The molecule has 2 N–H and O–H groups in total. The van der Waals surface area contributed by atoms with Crippen LogP contribution in [0.3, 0.4) is 0 Å². The molecule has 2 amide bonds. The van der Waals surface area contributed by atoms with Crippen LogP contribution < -0.4 is 10.6 Å². The molecule has 0 saturated carbocycles. The predicted octanol–water partition coefficient (Wildman–Crippen LogP) is 3.82. The summed E-state index contributed by atoms with van der Waals surface area (Å²) in [5.41, 5.74) is 8.19. The van der Waals surface area contributed by atoms with Crippen LogP contribution in [0.1, 0.15) is 31.7 Å². The fraction of sp³-hybridized carbons (Fsp3) is 0.263. The molecule has 1 atom stereocenters. The molecule has 0 spiro atoms. The number of nitrogen functional groups attached to an aromatic ring is 1. The second-order valence-electron chi connectivity index (χ2n) is 6.19. The summed E-state index contributed by atoms with van der Waals surface area (Å²) in [5.74, 6) is 0.113. The van der Waals surface area contributed by atoms with Crippen molar-refractivity contribution in [2.75, 3.05) is 10.6 Å². The molecule has 1 aliphatic heterocycles. The lowest BCUT2D eigenvalue weighted by atomic mass is 10.0. The monoisotopic (exact) mass is 340 g/mol. The van der Waals surface area contributed by atoms with Gasteiger partial charge in [-0.3, -0.25) is 9.59 Å². The van der Waals surface area contributed by atoms with Crippen LogP contribution in [0.15, 0.2) is 53.4 Å². The summed E-state index contributed by atoms with van der Waals surface area (Å²) in [6.07, 6.45) is 0.222. The second kappa shape index (κ2) is 6.69. The Hall–Kier alpha value is -2.27. The molecule has 24 heavy (non-hydrogen) atoms. The van der Waals surface area contributed by atoms with Crippen molar-refractivity contribution in [3.8, 4) is 0 Å². The molecular formula is C19H20N2O2S. The summed E-state index contributed by atoms with van der Waals surface area (Å²) >= 11 is 1.41. The Bertz CT molecular complexity index is 754. The van der Waals surface area contributed by atoms with Crippen molar-refractivity contribution in [1.29, 1.82) is 0 Å². The van der Waals surface area contributed by atoms with Gasteiger partial charge in [-0.2, -0.15) is 0 Å². The van der Waals surface area contributed by atoms with Gasteiger partial charge in [-0.1, -0.05) is 26.0 Å². The van der Waals surface area contributed by atoms with Crippen LogP contribution in [-0.2, 0) is 9.59 Å². The van der Waals surface area contributed by atoms with Gasteiger partial charge in [0.05, 0.1) is 10.9 Å². The number of benzene rings is 2. The van der Waals surface area contributed by atoms with E-state index in [4.69, 9.17) is 5.73 Å². The minimum atomic E-state index is -0.383. The van der Waals surface area contributed by atoms with Crippen LogP contribution >= 0.6 is 11.8 Å². The van der Waals surface area contributed by atoms with E-state index in [9.17, 15) is 9.59 Å². The number of amides is 2. The topological polar surface area (TPSA) is 63.4 Å². The first-order valence-corrected chi connectivity index (χ1v) is 8.82. The Kier molecular flexibility index (Phi) is 4.62. The van der Waals surface area contributed by atoms with Crippen LogP contribution in [0, 0.1) is 0 Å². The Morgan fingerprint density at radius 1 is 1.04 bits per heavy atom. The number of anilines is 2. The van der Waals surface area contributed by atoms with Gasteiger partial charge in [-0.15, -0.1) is 11.8 Å². The van der Waals surface area contributed by atoms with Crippen LogP contribution in [0.2, 0.25) is 0 Å². The summed E-state index contributed by atoms with van der Waals surface area (Å²) in [5, 5.41) is -0.383. The van der Waals surface area contributed by atoms with E-state index in [-0.39, 0.29) is 23.5 Å². The largest absolute Gasteiger partial charge is 0.399 e. The summed E-state index contributed by atoms with van der Waals surface area (Å²) in [7, 11) is 0. The van der Waals surface area contributed by atoms with E-state index in [0.29, 0.717) is 17.3 Å². The minimum Gasteiger partial charge on any atom is -0.399 e. The second-order valence-corrected chi connectivity index (χ2v) is 7.47. The van der Waals surface area contributed by atoms with Crippen LogP contribution in [-0.4, -0.2) is 17.1 Å². The summed E-state index contributed by atoms with van der Waals surface area (Å²) < 4.78 is 0. The number of nitrogens with zero attached hydrogens (tertiary/aromatic N) is 1. The number of thioether (sulfide) groups is 1. The van der Waals surface area contributed by atoms with Crippen LogP contribution in [0.4, 0.5) is 11.4 Å². The molecule has 0 aromatic heterocycles. The smallest absolute Gasteiger partial charge is 0.247 e. The maximum atomic E-state index is 12.7. The van der Waals surface area contributed by atoms with E-state index in [1.54, 1.807) is 12.1 Å². The van der Waals surface area contributed by atoms with Crippen molar-refractivity contribution in [1.82, 2.24) is 0 Å². The molecule has 1 fully saturated rings. The first kappa shape index (κ1) is 16.6. The first-order chi connectivity index (χ1) is 11.5. The van der Waals surface area contributed by atoms with Gasteiger partial charge >= 0.3 is 0 Å². The van der Waals surface area contributed by atoms with Crippen LogP contribution in [0.25, 0.3) is 0 Å². The number of rotatable bonds is 4. The molecule has 4 nitrogen and oxygen atoms in total. The average molecular weight is 340 g/mol. The van der Waals surface area contributed by atoms with Crippen molar-refractivity contribution in [3.63, 3.8) is 0 Å². The lowest BCUT2D eigenvalue weighted by Gasteiger charge is -2.16. The average Bonchev–Trinajstić information content (AvgIpc) is 2.83. The third-order valence-electron chi connectivity index (χ3n) is 4.08. The molecule has 0 radical (unpaired) electrons. The van der Waals surface area contributed by atoms with Gasteiger partial charge in [0.2, 0.25) is 11.8 Å². The van der Waals surface area contributed by atoms with E-state index >= 15 is 0 Å². The van der Waals surface area contributed by atoms with Crippen molar-refractivity contribution < 1.29 is 9.59 Å². The van der Waals surface area contributed by atoms with Gasteiger partial charge in [0.15, 0.2) is 0 Å². The number of carbonyl (C=O) groups excluding carboxylic acids is 2. The molecule has 3 rings (SSSR count). The number of carbonyl (C=O) groups is 2. The molecule has 1 aliphatic rings. The molecule has 0 bridgehead atoms. The Morgan fingerprint density at radius 2 is 1.67 bits per heavy atom. The standard InChI is InChI=1S/C19H20N2O2S/c1-12(2)13-3-7-15(8-4-13)21-18(22)11-17(19(21)23)24-16-9-5-14(20)6-10-16/h3-10,12,17H,11,20H2,1-2H3. The van der Waals surface area contributed by atoms with E-state index in [0.717, 1.165) is 4.90 Å². The maximum Gasteiger partial charge on any atom is 0.247 e. The quantitative estimate of drug-likeness (QED) is 0.679. The SMILES string of the molecule is CC(C)c1ccc(N2C(=O)CC(Sc3ccc(N)cc3)C2=O)cc1. The van der Waals surface area contributed by atoms with E-state index in [2.05, 4.69) is 13.8 Å². The highest BCUT2D eigenvalue weighted by Crippen LogP contribution is 2.34. The van der Waals surface area contributed by atoms with E-state index in [1.807, 2.05) is 36.4 Å². The highest BCUT2D eigenvalue weighted by molar-refractivity contribution is 8.00. The molecule has 1 saturated heterocycles. The van der Waals surface area contributed by atoms with Crippen LogP contribution in [0.5, 0.6) is 0 Å². The van der Waals surface area contributed by atoms with Gasteiger partial charge in [-0.05, 0) is 47.9 Å². The Morgan fingerprint density at radius 3 is 2.25 bits per heavy atom. The third kappa shape index (κ3) is 3.31. The fourth-order valence-corrected chi connectivity index (χ4v) is 3.74. The van der Waals surface area contributed by atoms with E-state index < -0.39 is 0 Å². The maximum absolute atomic E-state index is 12.7. The van der Waals surface area contributed by atoms with Crippen molar-refractivity contribution in [2.45, 2.75) is 36.3 Å². The summed E-state index contributed by atoms with van der Waals surface area (Å²) in [6, 6.07) is 15.0. The van der Waals surface area contributed by atoms with Crippen molar-refractivity contribution >= 4 is 35.0 Å². The predicted molar refractivity (Wildman–Crippen MR) is 98.1 cm³/mol. The molecular weight excluding hydrogens is 320 g/mol. The molecule has 2 aromatic carbocycles. The third-order valence-corrected chi connectivity index (χ3v) is 5.28. The fourth-order valence-electron chi connectivity index (χ4n) is 2.69. The van der Waals surface area contributed by atoms with E-state index in [1.165, 1.54) is 22.2 Å². The molecule has 5 heteroatoms. The molecule has 2 aromatic rings. The van der Waals surface area contributed by atoms with Gasteiger partial charge in [0, 0.05) is 17.0 Å². The summed E-state index contributed by atoms with van der Waals surface area (Å²) in [6.45, 7) is 4.22.